The van der Waals surface area contributed by atoms with E-state index in [-0.39, 0.29) is 0 Å². The summed E-state index contributed by atoms with van der Waals surface area (Å²) in [4.78, 5) is 5.21. The van der Waals surface area contributed by atoms with Crippen molar-refractivity contribution in [3.8, 4) is 0 Å². The van der Waals surface area contributed by atoms with Crippen LogP contribution in [0.25, 0.3) is 0 Å². The van der Waals surface area contributed by atoms with Gasteiger partial charge in [0.05, 0.1) is 0 Å². The standard InChI is InChI=1S/C12H25N3O/c1-16-9-3-2-6-14-10-12(11-14)15-7-4-13-5-8-15/h12-13H,2-11H2,1H3. The lowest BCUT2D eigenvalue weighted by atomic mass is 10.1. The van der Waals surface area contributed by atoms with Gasteiger partial charge in [-0.1, -0.05) is 0 Å². The average Bonchev–Trinajstić information content (AvgIpc) is 2.28. The van der Waals surface area contributed by atoms with Crippen molar-refractivity contribution < 1.29 is 4.74 Å². The first kappa shape index (κ1) is 12.3. The lowest BCUT2D eigenvalue weighted by molar-refractivity contribution is 0.0254. The molecule has 0 spiro atoms. The monoisotopic (exact) mass is 227 g/mol. The Bertz CT molecular complexity index is 189. The average molecular weight is 227 g/mol. The third kappa shape index (κ3) is 3.42. The molecule has 2 heterocycles. The number of unbranched alkanes of at least 4 members (excludes halogenated alkanes) is 1. The first-order valence-electron chi connectivity index (χ1n) is 6.56. The van der Waals surface area contributed by atoms with Gasteiger partial charge in [0.15, 0.2) is 0 Å². The summed E-state index contributed by atoms with van der Waals surface area (Å²) in [6, 6.07) is 0.838. The van der Waals surface area contributed by atoms with Crippen LogP contribution >= 0.6 is 0 Å². The number of hydrogen-bond acceptors (Lipinski definition) is 4. The Morgan fingerprint density at radius 2 is 1.94 bits per heavy atom. The van der Waals surface area contributed by atoms with Gasteiger partial charge in [-0.3, -0.25) is 4.90 Å². The molecule has 2 fully saturated rings. The Balaban J connectivity index is 1.51. The molecule has 0 atom stereocenters. The Kier molecular flexibility index (Phi) is 5.03. The summed E-state index contributed by atoms with van der Waals surface area (Å²) in [6.45, 7) is 9.56. The van der Waals surface area contributed by atoms with E-state index in [1.807, 2.05) is 0 Å². The highest BCUT2D eigenvalue weighted by Gasteiger charge is 2.31. The van der Waals surface area contributed by atoms with E-state index in [0.717, 1.165) is 12.6 Å². The normalized spacial score (nSPS) is 24.6. The van der Waals surface area contributed by atoms with E-state index in [1.165, 1.54) is 58.7 Å². The molecule has 0 aromatic carbocycles. The maximum absolute atomic E-state index is 5.06. The Morgan fingerprint density at radius 3 is 2.62 bits per heavy atom. The quantitative estimate of drug-likeness (QED) is 0.647. The number of nitrogens with one attached hydrogen (secondary N) is 1. The van der Waals surface area contributed by atoms with Crippen LogP contribution in [0.4, 0.5) is 0 Å². The van der Waals surface area contributed by atoms with Crippen molar-refractivity contribution in [1.29, 1.82) is 0 Å². The fourth-order valence-corrected chi connectivity index (χ4v) is 2.59. The zero-order valence-corrected chi connectivity index (χ0v) is 10.5. The third-order valence-electron chi connectivity index (χ3n) is 3.68. The van der Waals surface area contributed by atoms with Gasteiger partial charge in [0.1, 0.15) is 0 Å². The van der Waals surface area contributed by atoms with Crippen molar-refractivity contribution >= 4 is 0 Å². The van der Waals surface area contributed by atoms with Gasteiger partial charge >= 0.3 is 0 Å². The van der Waals surface area contributed by atoms with Crippen molar-refractivity contribution in [3.05, 3.63) is 0 Å². The van der Waals surface area contributed by atoms with Crippen LogP contribution in [0.15, 0.2) is 0 Å². The van der Waals surface area contributed by atoms with Gasteiger partial charge < -0.3 is 15.0 Å². The second-order valence-electron chi connectivity index (χ2n) is 4.90. The second-order valence-corrected chi connectivity index (χ2v) is 4.90. The molecule has 0 radical (unpaired) electrons. The molecule has 94 valence electrons. The van der Waals surface area contributed by atoms with E-state index < -0.39 is 0 Å². The van der Waals surface area contributed by atoms with E-state index in [2.05, 4.69) is 15.1 Å². The van der Waals surface area contributed by atoms with Crippen molar-refractivity contribution in [2.75, 3.05) is 59.5 Å². The number of piperazine rings is 1. The first-order valence-corrected chi connectivity index (χ1v) is 6.56. The number of likely N-dealkylation sites (tertiary alicyclic amines) is 1. The Labute approximate surface area is 98.9 Å². The predicted molar refractivity (Wildman–Crippen MR) is 65.8 cm³/mol. The van der Waals surface area contributed by atoms with Gasteiger partial charge in [0, 0.05) is 59.0 Å². The molecule has 16 heavy (non-hydrogen) atoms. The highest BCUT2D eigenvalue weighted by atomic mass is 16.5. The second kappa shape index (κ2) is 6.55. The molecule has 1 N–H and O–H groups in total. The van der Waals surface area contributed by atoms with Crippen molar-refractivity contribution in [3.63, 3.8) is 0 Å². The van der Waals surface area contributed by atoms with Gasteiger partial charge in [-0.25, -0.2) is 0 Å². The molecule has 0 amide bonds. The molecule has 0 aromatic rings. The zero-order chi connectivity index (χ0) is 11.2. The lowest BCUT2D eigenvalue weighted by Gasteiger charge is -2.47. The van der Waals surface area contributed by atoms with Gasteiger partial charge in [0.25, 0.3) is 0 Å². The van der Waals surface area contributed by atoms with Gasteiger partial charge in [-0.2, -0.15) is 0 Å². The number of nitrogens with zero attached hydrogens (tertiary/aromatic N) is 2. The highest BCUT2D eigenvalue weighted by molar-refractivity contribution is 4.89. The smallest absolute Gasteiger partial charge is 0.0462 e. The van der Waals surface area contributed by atoms with Crippen LogP contribution in [0, 0.1) is 0 Å². The molecule has 2 rings (SSSR count). The van der Waals surface area contributed by atoms with Crippen molar-refractivity contribution in [2.45, 2.75) is 18.9 Å². The topological polar surface area (TPSA) is 27.7 Å². The molecule has 2 aliphatic rings. The van der Waals surface area contributed by atoms with Crippen LogP contribution in [0.3, 0.4) is 0 Å². The summed E-state index contributed by atoms with van der Waals surface area (Å²) in [5, 5.41) is 3.41. The molecule has 0 aliphatic carbocycles. The van der Waals surface area contributed by atoms with E-state index >= 15 is 0 Å². The van der Waals surface area contributed by atoms with Crippen LogP contribution < -0.4 is 5.32 Å². The Morgan fingerprint density at radius 1 is 1.19 bits per heavy atom. The third-order valence-corrected chi connectivity index (χ3v) is 3.68. The number of ether oxygens (including phenoxy) is 1. The fraction of sp³-hybridized carbons (Fsp3) is 1.00. The highest BCUT2D eigenvalue weighted by Crippen LogP contribution is 2.15. The van der Waals surface area contributed by atoms with Gasteiger partial charge in [-0.05, 0) is 19.4 Å². The molecule has 4 heteroatoms. The van der Waals surface area contributed by atoms with E-state index in [4.69, 9.17) is 4.74 Å². The SMILES string of the molecule is COCCCCN1CC(N2CCNCC2)C1. The minimum absolute atomic E-state index is 0.838. The summed E-state index contributed by atoms with van der Waals surface area (Å²) in [5.41, 5.74) is 0. The maximum Gasteiger partial charge on any atom is 0.0462 e. The first-order chi connectivity index (χ1) is 7.90. The predicted octanol–water partition coefficient (Wildman–Crippen LogP) is 0.00240. The minimum Gasteiger partial charge on any atom is -0.385 e. The molecule has 2 saturated heterocycles. The molecule has 4 nitrogen and oxygen atoms in total. The largest absolute Gasteiger partial charge is 0.385 e. The molecule has 2 aliphatic heterocycles. The van der Waals surface area contributed by atoms with E-state index in [1.54, 1.807) is 7.11 Å². The van der Waals surface area contributed by atoms with Crippen LogP contribution in [-0.4, -0.2) is 75.4 Å². The van der Waals surface area contributed by atoms with Crippen molar-refractivity contribution in [2.24, 2.45) is 0 Å². The van der Waals surface area contributed by atoms with Crippen molar-refractivity contribution in [1.82, 2.24) is 15.1 Å². The molecule has 0 bridgehead atoms. The summed E-state index contributed by atoms with van der Waals surface area (Å²) in [5.74, 6) is 0. The summed E-state index contributed by atoms with van der Waals surface area (Å²) >= 11 is 0. The summed E-state index contributed by atoms with van der Waals surface area (Å²) < 4.78 is 5.06. The molecule has 0 saturated carbocycles. The van der Waals surface area contributed by atoms with Gasteiger partial charge in [0.2, 0.25) is 0 Å². The Hall–Kier alpha value is -0.160. The van der Waals surface area contributed by atoms with Crippen LogP contribution in [0.2, 0.25) is 0 Å². The molecular formula is C12H25N3O. The van der Waals surface area contributed by atoms with E-state index in [9.17, 15) is 0 Å². The summed E-state index contributed by atoms with van der Waals surface area (Å²) in [6.07, 6.45) is 2.48. The maximum atomic E-state index is 5.06. The van der Waals surface area contributed by atoms with E-state index in [0.29, 0.717) is 0 Å². The number of rotatable bonds is 6. The molecule has 0 aromatic heterocycles. The van der Waals surface area contributed by atoms with Crippen LogP contribution in [0.1, 0.15) is 12.8 Å². The fourth-order valence-electron chi connectivity index (χ4n) is 2.59. The summed E-state index contributed by atoms with van der Waals surface area (Å²) in [7, 11) is 1.78. The van der Waals surface area contributed by atoms with Gasteiger partial charge in [-0.15, -0.1) is 0 Å². The number of methoxy groups -OCH3 is 1. The van der Waals surface area contributed by atoms with Crippen LogP contribution in [0.5, 0.6) is 0 Å². The molecular weight excluding hydrogens is 202 g/mol. The van der Waals surface area contributed by atoms with Crippen LogP contribution in [-0.2, 0) is 4.74 Å². The lowest BCUT2D eigenvalue weighted by Crippen LogP contribution is -2.62. The molecule has 0 unspecified atom stereocenters. The number of hydrogen-bond donors (Lipinski definition) is 1. The zero-order valence-electron chi connectivity index (χ0n) is 10.5. The minimum atomic E-state index is 0.838.